The Morgan fingerprint density at radius 1 is 1.44 bits per heavy atom. The van der Waals surface area contributed by atoms with Gasteiger partial charge >= 0.3 is 0 Å². The molecule has 0 spiro atoms. The highest BCUT2D eigenvalue weighted by Gasteiger charge is 2.39. The summed E-state index contributed by atoms with van der Waals surface area (Å²) >= 11 is 4.14. The first-order valence-corrected chi connectivity index (χ1v) is 9.35. The minimum absolute atomic E-state index is 0.115. The lowest BCUT2D eigenvalue weighted by atomic mass is 9.99. The molecule has 1 aromatic carbocycles. The van der Waals surface area contributed by atoms with Gasteiger partial charge in [-0.25, -0.2) is 0 Å². The van der Waals surface area contributed by atoms with Crippen molar-refractivity contribution >= 4 is 44.9 Å². The Morgan fingerprint density at radius 3 is 2.88 bits per heavy atom. The number of aromatic hydroxyl groups is 1. The Kier molecular flexibility index (Phi) is 5.24. The van der Waals surface area contributed by atoms with E-state index in [0.29, 0.717) is 15.8 Å². The molecule has 0 aliphatic carbocycles. The molecule has 2 fully saturated rings. The van der Waals surface area contributed by atoms with Gasteiger partial charge < -0.3 is 14.6 Å². The molecule has 2 aliphatic rings. The van der Waals surface area contributed by atoms with Gasteiger partial charge in [0.15, 0.2) is 0 Å². The molecule has 2 heterocycles. The van der Waals surface area contributed by atoms with Crippen molar-refractivity contribution in [2.24, 2.45) is 0 Å². The zero-order valence-electron chi connectivity index (χ0n) is 13.8. The number of carbonyl (C=O) groups excluding carboxylic acids is 2. The molecule has 25 heavy (non-hydrogen) atoms. The fourth-order valence-corrected chi connectivity index (χ4v) is 3.94. The monoisotopic (exact) mass is 427 g/mol. The fraction of sp³-hybridized carbons (Fsp3) is 0.412. The molecule has 2 amide bonds. The van der Waals surface area contributed by atoms with Gasteiger partial charge in [0, 0.05) is 6.42 Å². The molecule has 8 heteroatoms. The van der Waals surface area contributed by atoms with Crippen molar-refractivity contribution in [3.8, 4) is 5.75 Å². The van der Waals surface area contributed by atoms with Crippen molar-refractivity contribution in [3.05, 3.63) is 33.1 Å². The lowest BCUT2D eigenvalue weighted by Crippen LogP contribution is -2.45. The Bertz CT molecular complexity index is 749. The first-order valence-electron chi connectivity index (χ1n) is 7.75. The van der Waals surface area contributed by atoms with Crippen LogP contribution in [0.25, 0.3) is 6.08 Å². The van der Waals surface area contributed by atoms with Crippen LogP contribution in [0, 0.1) is 0 Å². The number of carbonyl (C=O) groups is 2. The molecule has 6 nitrogen and oxygen atoms in total. The number of rotatable bonds is 3. The van der Waals surface area contributed by atoms with Crippen molar-refractivity contribution in [1.29, 1.82) is 0 Å². The lowest BCUT2D eigenvalue weighted by Gasteiger charge is -2.36. The van der Waals surface area contributed by atoms with E-state index in [0.717, 1.165) is 17.3 Å². The van der Waals surface area contributed by atoms with Crippen LogP contribution in [0.3, 0.4) is 0 Å². The van der Waals surface area contributed by atoms with Crippen molar-refractivity contribution in [3.63, 3.8) is 0 Å². The predicted octanol–water partition coefficient (Wildman–Crippen LogP) is 3.73. The summed E-state index contributed by atoms with van der Waals surface area (Å²) in [6.07, 6.45) is 2.02. The van der Waals surface area contributed by atoms with Crippen LogP contribution in [0.15, 0.2) is 27.6 Å². The van der Waals surface area contributed by atoms with Gasteiger partial charge in [0.25, 0.3) is 11.1 Å². The summed E-state index contributed by atoms with van der Waals surface area (Å²) in [6.45, 7) is 4.29. The van der Waals surface area contributed by atoms with Gasteiger partial charge in [0.05, 0.1) is 27.6 Å². The lowest BCUT2D eigenvalue weighted by molar-refractivity contribution is -0.211. The van der Waals surface area contributed by atoms with Crippen molar-refractivity contribution in [2.75, 3.05) is 13.3 Å². The summed E-state index contributed by atoms with van der Waals surface area (Å²) in [5.41, 5.74) is 0.386. The van der Waals surface area contributed by atoms with Gasteiger partial charge in [0.1, 0.15) is 12.5 Å². The molecule has 0 radical (unpaired) electrons. The predicted molar refractivity (Wildman–Crippen MR) is 98.0 cm³/mol. The molecule has 134 valence electrons. The molecular weight excluding hydrogens is 410 g/mol. The molecule has 3 rings (SSSR count). The van der Waals surface area contributed by atoms with E-state index in [9.17, 15) is 14.7 Å². The molecule has 1 N–H and O–H groups in total. The molecule has 1 atom stereocenters. The highest BCUT2D eigenvalue weighted by molar-refractivity contribution is 9.10. The Hall–Kier alpha value is -1.35. The van der Waals surface area contributed by atoms with Crippen LogP contribution in [0.1, 0.15) is 25.8 Å². The van der Waals surface area contributed by atoms with E-state index in [1.807, 2.05) is 13.8 Å². The number of imide groups is 1. The van der Waals surface area contributed by atoms with Crippen LogP contribution in [0.2, 0.25) is 0 Å². The second-order valence-corrected chi connectivity index (χ2v) is 8.37. The minimum atomic E-state index is -0.334. The number of benzene rings is 1. The third kappa shape index (κ3) is 4.25. The number of nitrogens with zero attached hydrogens (tertiary/aromatic N) is 1. The van der Waals surface area contributed by atoms with E-state index < -0.39 is 0 Å². The zero-order chi connectivity index (χ0) is 18.2. The third-order valence-electron chi connectivity index (χ3n) is 4.00. The van der Waals surface area contributed by atoms with E-state index in [1.165, 1.54) is 11.0 Å². The second kappa shape index (κ2) is 7.11. The van der Waals surface area contributed by atoms with E-state index >= 15 is 0 Å². The number of thioether (sulfide) groups is 1. The Morgan fingerprint density at radius 2 is 2.20 bits per heavy atom. The molecule has 2 aliphatic heterocycles. The fourth-order valence-electron chi connectivity index (χ4n) is 2.70. The molecule has 1 unspecified atom stereocenters. The third-order valence-corrected chi connectivity index (χ3v) is 5.54. The minimum Gasteiger partial charge on any atom is -0.507 e. The maximum Gasteiger partial charge on any atom is 0.293 e. The normalized spacial score (nSPS) is 25.0. The largest absolute Gasteiger partial charge is 0.507 e. The molecule has 0 bridgehead atoms. The number of phenolic OH excluding ortho intramolecular Hbond substituents is 1. The van der Waals surface area contributed by atoms with E-state index in [2.05, 4.69) is 15.9 Å². The van der Waals surface area contributed by atoms with Crippen LogP contribution < -0.4 is 0 Å². The van der Waals surface area contributed by atoms with Gasteiger partial charge in [-0.1, -0.05) is 6.07 Å². The second-order valence-electron chi connectivity index (χ2n) is 6.52. The molecule has 1 aromatic rings. The van der Waals surface area contributed by atoms with E-state index in [-0.39, 0.29) is 41.9 Å². The van der Waals surface area contributed by atoms with Gasteiger partial charge in [-0.15, -0.1) is 0 Å². The van der Waals surface area contributed by atoms with E-state index in [1.54, 1.807) is 18.2 Å². The van der Waals surface area contributed by atoms with Crippen LogP contribution >= 0.6 is 27.7 Å². The summed E-state index contributed by atoms with van der Waals surface area (Å²) in [5, 5.41) is 9.24. The molecular formula is C17H18BrNO5S. The van der Waals surface area contributed by atoms with Crippen molar-refractivity contribution in [2.45, 2.75) is 32.0 Å². The Labute approximate surface area is 158 Å². The zero-order valence-corrected chi connectivity index (χ0v) is 16.2. The number of ether oxygens (including phenoxy) is 2. The van der Waals surface area contributed by atoms with Crippen LogP contribution in [0.4, 0.5) is 4.79 Å². The van der Waals surface area contributed by atoms with Crippen molar-refractivity contribution < 1.29 is 24.2 Å². The number of phenols is 1. The van der Waals surface area contributed by atoms with E-state index in [4.69, 9.17) is 9.47 Å². The van der Waals surface area contributed by atoms with Gasteiger partial charge in [-0.2, -0.15) is 0 Å². The van der Waals surface area contributed by atoms with Crippen LogP contribution in [0.5, 0.6) is 5.75 Å². The quantitative estimate of drug-likeness (QED) is 0.740. The van der Waals surface area contributed by atoms with Gasteiger partial charge in [0.2, 0.25) is 0 Å². The maximum absolute atomic E-state index is 12.6. The highest BCUT2D eigenvalue weighted by atomic mass is 79.9. The summed E-state index contributed by atoms with van der Waals surface area (Å²) in [7, 11) is 0. The SMILES string of the molecule is CC1(C)CC(CN2C(=O)SC(=Cc3ccc(O)c(Br)c3)C2=O)OCO1. The smallest absolute Gasteiger partial charge is 0.293 e. The number of hydrogen-bond acceptors (Lipinski definition) is 6. The van der Waals surface area contributed by atoms with Crippen LogP contribution in [-0.4, -0.2) is 46.2 Å². The topological polar surface area (TPSA) is 76.1 Å². The van der Waals surface area contributed by atoms with Gasteiger partial charge in [-0.3, -0.25) is 14.5 Å². The Balaban J connectivity index is 1.73. The summed E-state index contributed by atoms with van der Waals surface area (Å²) in [6, 6.07) is 4.89. The van der Waals surface area contributed by atoms with Gasteiger partial charge in [-0.05, 0) is 65.3 Å². The molecule has 0 aromatic heterocycles. The average molecular weight is 428 g/mol. The molecule has 0 saturated carbocycles. The summed E-state index contributed by atoms with van der Waals surface area (Å²) in [5.74, 6) is -0.211. The number of hydrogen-bond donors (Lipinski definition) is 1. The molecule has 2 saturated heterocycles. The summed E-state index contributed by atoms with van der Waals surface area (Å²) in [4.78, 5) is 26.4. The average Bonchev–Trinajstić information content (AvgIpc) is 2.78. The number of amides is 2. The first-order chi connectivity index (χ1) is 11.7. The maximum atomic E-state index is 12.6. The highest BCUT2D eigenvalue weighted by Crippen LogP contribution is 2.35. The van der Waals surface area contributed by atoms with Crippen LogP contribution in [-0.2, 0) is 14.3 Å². The first kappa shape index (κ1) is 18.4. The number of halogens is 1. The standard InChI is InChI=1S/C17H18BrNO5S/c1-17(2)7-11(23-9-24-17)8-19-15(21)14(25-16(19)22)6-10-3-4-13(20)12(18)5-10/h3-6,11,20H,7-9H2,1-2H3. The summed E-state index contributed by atoms with van der Waals surface area (Å²) < 4.78 is 11.5. The van der Waals surface area contributed by atoms with Crippen molar-refractivity contribution in [1.82, 2.24) is 4.90 Å².